The van der Waals surface area contributed by atoms with Crippen LogP contribution in [0, 0.1) is 5.92 Å². The first-order valence-electron chi connectivity index (χ1n) is 8.02. The standard InChI is InChI=1S/C16H33NO2/c1-5-6-7-8-9-10-11-12-13-17-16(18)19-15(4)14(2)3/h14-15H,5-13H2,1-4H3,(H,17,18). The van der Waals surface area contributed by atoms with E-state index in [1.165, 1.54) is 44.9 Å². The van der Waals surface area contributed by atoms with Gasteiger partial charge in [0.1, 0.15) is 6.10 Å². The van der Waals surface area contributed by atoms with Gasteiger partial charge in [0.2, 0.25) is 0 Å². The number of unbranched alkanes of at least 4 members (excludes halogenated alkanes) is 7. The van der Waals surface area contributed by atoms with Crippen LogP contribution in [0.5, 0.6) is 0 Å². The maximum atomic E-state index is 11.4. The summed E-state index contributed by atoms with van der Waals surface area (Å²) in [7, 11) is 0. The Labute approximate surface area is 119 Å². The van der Waals surface area contributed by atoms with Crippen LogP contribution in [0.4, 0.5) is 4.79 Å². The van der Waals surface area contributed by atoms with Gasteiger partial charge in [-0.15, -0.1) is 0 Å². The van der Waals surface area contributed by atoms with Crippen LogP contribution in [0.15, 0.2) is 0 Å². The number of nitrogens with one attached hydrogen (secondary N) is 1. The van der Waals surface area contributed by atoms with E-state index in [4.69, 9.17) is 4.74 Å². The molecule has 0 aromatic heterocycles. The predicted octanol–water partition coefficient (Wildman–Crippen LogP) is 4.90. The number of alkyl carbamates (subject to hydrolysis) is 1. The number of carbonyl (C=O) groups excluding carboxylic acids is 1. The molecular weight excluding hydrogens is 238 g/mol. The van der Waals surface area contributed by atoms with Crippen LogP contribution >= 0.6 is 0 Å². The second kappa shape index (κ2) is 12.3. The third-order valence-corrected chi connectivity index (χ3v) is 3.53. The lowest BCUT2D eigenvalue weighted by Gasteiger charge is -2.16. The SMILES string of the molecule is CCCCCCCCCCNC(=O)OC(C)C(C)C. The number of hydrogen-bond donors (Lipinski definition) is 1. The molecule has 0 saturated heterocycles. The quantitative estimate of drug-likeness (QED) is 0.543. The Bertz CT molecular complexity index is 217. The van der Waals surface area contributed by atoms with Gasteiger partial charge in [-0.05, 0) is 19.3 Å². The predicted molar refractivity (Wildman–Crippen MR) is 81.4 cm³/mol. The minimum Gasteiger partial charge on any atom is -0.446 e. The van der Waals surface area contributed by atoms with Crippen molar-refractivity contribution in [2.24, 2.45) is 5.92 Å². The summed E-state index contributed by atoms with van der Waals surface area (Å²) in [6.07, 6.45) is 9.97. The first kappa shape index (κ1) is 18.3. The van der Waals surface area contributed by atoms with E-state index in [0.717, 1.165) is 13.0 Å². The normalized spacial score (nSPS) is 12.5. The van der Waals surface area contributed by atoms with Crippen molar-refractivity contribution in [2.45, 2.75) is 85.2 Å². The van der Waals surface area contributed by atoms with Crippen molar-refractivity contribution in [3.63, 3.8) is 0 Å². The minimum absolute atomic E-state index is 0.0152. The lowest BCUT2D eigenvalue weighted by molar-refractivity contribution is 0.0821. The van der Waals surface area contributed by atoms with Crippen LogP contribution in [0.1, 0.15) is 79.1 Å². The molecule has 0 spiro atoms. The number of rotatable bonds is 11. The third kappa shape index (κ3) is 12.1. The minimum atomic E-state index is -0.274. The summed E-state index contributed by atoms with van der Waals surface area (Å²) < 4.78 is 5.23. The fourth-order valence-electron chi connectivity index (χ4n) is 1.80. The highest BCUT2D eigenvalue weighted by Gasteiger charge is 2.11. The third-order valence-electron chi connectivity index (χ3n) is 3.53. The van der Waals surface area contributed by atoms with Crippen molar-refractivity contribution in [2.75, 3.05) is 6.54 Å². The van der Waals surface area contributed by atoms with E-state index in [2.05, 4.69) is 26.1 Å². The van der Waals surface area contributed by atoms with Gasteiger partial charge in [-0.2, -0.15) is 0 Å². The molecular formula is C16H33NO2. The molecule has 1 unspecified atom stereocenters. The van der Waals surface area contributed by atoms with Crippen molar-refractivity contribution in [1.29, 1.82) is 0 Å². The van der Waals surface area contributed by atoms with E-state index >= 15 is 0 Å². The monoisotopic (exact) mass is 271 g/mol. The molecule has 19 heavy (non-hydrogen) atoms. The molecule has 0 aromatic carbocycles. The largest absolute Gasteiger partial charge is 0.446 e. The fraction of sp³-hybridized carbons (Fsp3) is 0.938. The van der Waals surface area contributed by atoms with Gasteiger partial charge in [0, 0.05) is 6.54 Å². The van der Waals surface area contributed by atoms with Crippen LogP contribution in [0.3, 0.4) is 0 Å². The van der Waals surface area contributed by atoms with Crippen molar-refractivity contribution >= 4 is 6.09 Å². The lowest BCUT2D eigenvalue weighted by atomic mass is 10.1. The average molecular weight is 271 g/mol. The van der Waals surface area contributed by atoms with Crippen molar-refractivity contribution in [3.05, 3.63) is 0 Å². The van der Waals surface area contributed by atoms with E-state index in [9.17, 15) is 4.79 Å². The Morgan fingerprint density at radius 1 is 0.947 bits per heavy atom. The van der Waals surface area contributed by atoms with Gasteiger partial charge in [-0.1, -0.05) is 65.7 Å². The molecule has 0 aliphatic rings. The second-order valence-corrected chi connectivity index (χ2v) is 5.76. The Kier molecular flexibility index (Phi) is 11.8. The zero-order valence-corrected chi connectivity index (χ0v) is 13.3. The van der Waals surface area contributed by atoms with Gasteiger partial charge in [-0.25, -0.2) is 4.79 Å². The molecule has 0 aliphatic heterocycles. The van der Waals surface area contributed by atoms with Crippen molar-refractivity contribution < 1.29 is 9.53 Å². The van der Waals surface area contributed by atoms with Crippen LogP contribution in [-0.4, -0.2) is 18.7 Å². The lowest BCUT2D eigenvalue weighted by Crippen LogP contribution is -2.30. The average Bonchev–Trinajstić information content (AvgIpc) is 2.36. The molecule has 0 aliphatic carbocycles. The Morgan fingerprint density at radius 3 is 2.00 bits per heavy atom. The summed E-state index contributed by atoms with van der Waals surface area (Å²) in [6, 6.07) is 0. The van der Waals surface area contributed by atoms with E-state index in [1.807, 2.05) is 6.92 Å². The van der Waals surface area contributed by atoms with E-state index in [-0.39, 0.29) is 12.2 Å². The molecule has 0 saturated carbocycles. The summed E-state index contributed by atoms with van der Waals surface area (Å²) in [6.45, 7) is 9.01. The summed E-state index contributed by atoms with van der Waals surface area (Å²) >= 11 is 0. The van der Waals surface area contributed by atoms with Crippen LogP contribution in [0.25, 0.3) is 0 Å². The summed E-state index contributed by atoms with van der Waals surface area (Å²) in [5.41, 5.74) is 0. The number of carbonyl (C=O) groups is 1. The summed E-state index contributed by atoms with van der Waals surface area (Å²) in [5, 5.41) is 2.82. The molecule has 1 N–H and O–H groups in total. The number of hydrogen-bond acceptors (Lipinski definition) is 2. The molecule has 1 atom stereocenters. The molecule has 0 rings (SSSR count). The molecule has 0 heterocycles. The highest BCUT2D eigenvalue weighted by atomic mass is 16.6. The fourth-order valence-corrected chi connectivity index (χ4v) is 1.80. The van der Waals surface area contributed by atoms with E-state index < -0.39 is 0 Å². The Hall–Kier alpha value is -0.730. The number of ether oxygens (including phenoxy) is 1. The van der Waals surface area contributed by atoms with Crippen molar-refractivity contribution in [3.8, 4) is 0 Å². The highest BCUT2D eigenvalue weighted by Crippen LogP contribution is 2.08. The van der Waals surface area contributed by atoms with Gasteiger partial charge >= 0.3 is 6.09 Å². The zero-order chi connectivity index (χ0) is 14.5. The molecule has 0 fully saturated rings. The first-order chi connectivity index (χ1) is 9.07. The smallest absolute Gasteiger partial charge is 0.407 e. The maximum Gasteiger partial charge on any atom is 0.407 e. The molecule has 114 valence electrons. The molecule has 0 aromatic rings. The molecule has 1 amide bonds. The maximum absolute atomic E-state index is 11.4. The molecule has 3 heteroatoms. The zero-order valence-electron chi connectivity index (χ0n) is 13.3. The second-order valence-electron chi connectivity index (χ2n) is 5.76. The highest BCUT2D eigenvalue weighted by molar-refractivity contribution is 5.67. The van der Waals surface area contributed by atoms with E-state index in [1.54, 1.807) is 0 Å². The molecule has 3 nitrogen and oxygen atoms in total. The molecule has 0 radical (unpaired) electrons. The van der Waals surface area contributed by atoms with Gasteiger partial charge in [-0.3, -0.25) is 0 Å². The van der Waals surface area contributed by atoms with E-state index in [0.29, 0.717) is 5.92 Å². The Balaban J connectivity index is 3.27. The summed E-state index contributed by atoms with van der Waals surface area (Å²) in [5.74, 6) is 0.369. The topological polar surface area (TPSA) is 38.3 Å². The van der Waals surface area contributed by atoms with Gasteiger partial charge in [0.05, 0.1) is 0 Å². The van der Waals surface area contributed by atoms with Gasteiger partial charge < -0.3 is 10.1 Å². The first-order valence-corrected chi connectivity index (χ1v) is 8.02. The van der Waals surface area contributed by atoms with Crippen LogP contribution in [0.2, 0.25) is 0 Å². The van der Waals surface area contributed by atoms with Gasteiger partial charge in [0.15, 0.2) is 0 Å². The van der Waals surface area contributed by atoms with Crippen LogP contribution < -0.4 is 5.32 Å². The van der Waals surface area contributed by atoms with Gasteiger partial charge in [0.25, 0.3) is 0 Å². The van der Waals surface area contributed by atoms with Crippen LogP contribution in [-0.2, 0) is 4.74 Å². The molecule has 0 bridgehead atoms. The van der Waals surface area contributed by atoms with Crippen molar-refractivity contribution in [1.82, 2.24) is 5.32 Å². The number of amides is 1. The Morgan fingerprint density at radius 2 is 1.47 bits per heavy atom. The summed E-state index contributed by atoms with van der Waals surface area (Å²) in [4.78, 5) is 11.4.